The molecule has 0 aromatic heterocycles. The van der Waals surface area contributed by atoms with Crippen LogP contribution in [0.3, 0.4) is 0 Å². The molecule has 0 spiro atoms. The number of alkyl halides is 1. The summed E-state index contributed by atoms with van der Waals surface area (Å²) in [6.07, 6.45) is 0.879. The van der Waals surface area contributed by atoms with Crippen molar-refractivity contribution in [3.05, 3.63) is 22.2 Å². The Balaban J connectivity index is 3.28. The standard InChI is InChI=1S/C14H20BrClO2/c1-9(16)8-14(2,3)10-6-7-11(17-4)12(15)13(10)18-5/h6-7,9H,8H2,1-5H3. The molecule has 0 aliphatic heterocycles. The Labute approximate surface area is 123 Å². The second-order valence-electron chi connectivity index (χ2n) is 5.03. The molecule has 1 rings (SSSR count). The van der Waals surface area contributed by atoms with E-state index in [1.165, 1.54) is 0 Å². The summed E-state index contributed by atoms with van der Waals surface area (Å²) in [5.74, 6) is 1.59. The third-order valence-electron chi connectivity index (χ3n) is 3.01. The van der Waals surface area contributed by atoms with E-state index in [2.05, 4.69) is 29.8 Å². The van der Waals surface area contributed by atoms with Crippen LogP contribution in [0, 0.1) is 0 Å². The summed E-state index contributed by atoms with van der Waals surface area (Å²) in [6, 6.07) is 3.99. The highest BCUT2D eigenvalue weighted by atomic mass is 79.9. The fraction of sp³-hybridized carbons (Fsp3) is 0.571. The van der Waals surface area contributed by atoms with Crippen molar-refractivity contribution in [2.24, 2.45) is 0 Å². The van der Waals surface area contributed by atoms with Crippen LogP contribution in [0.15, 0.2) is 16.6 Å². The van der Waals surface area contributed by atoms with Crippen LogP contribution in [0.4, 0.5) is 0 Å². The van der Waals surface area contributed by atoms with Gasteiger partial charge in [0.2, 0.25) is 0 Å². The van der Waals surface area contributed by atoms with Gasteiger partial charge in [-0.05, 0) is 40.8 Å². The van der Waals surface area contributed by atoms with Gasteiger partial charge in [0.25, 0.3) is 0 Å². The van der Waals surface area contributed by atoms with Crippen molar-refractivity contribution in [3.8, 4) is 11.5 Å². The first-order valence-corrected chi connectivity index (χ1v) is 7.11. The van der Waals surface area contributed by atoms with E-state index in [1.54, 1.807) is 14.2 Å². The number of hydrogen-bond donors (Lipinski definition) is 0. The minimum Gasteiger partial charge on any atom is -0.495 e. The molecule has 4 heteroatoms. The maximum Gasteiger partial charge on any atom is 0.140 e. The molecule has 0 saturated carbocycles. The monoisotopic (exact) mass is 334 g/mol. The minimum atomic E-state index is -0.0543. The molecule has 1 atom stereocenters. The predicted molar refractivity (Wildman–Crippen MR) is 80.2 cm³/mol. The van der Waals surface area contributed by atoms with E-state index in [-0.39, 0.29) is 10.8 Å². The number of hydrogen-bond acceptors (Lipinski definition) is 2. The lowest BCUT2D eigenvalue weighted by Gasteiger charge is -2.29. The summed E-state index contributed by atoms with van der Waals surface area (Å²) in [7, 11) is 3.31. The van der Waals surface area contributed by atoms with Crippen molar-refractivity contribution in [2.45, 2.75) is 38.0 Å². The molecular weight excluding hydrogens is 316 g/mol. The van der Waals surface area contributed by atoms with Gasteiger partial charge in [0.1, 0.15) is 16.0 Å². The SMILES string of the molecule is COc1ccc(C(C)(C)CC(C)Cl)c(OC)c1Br. The Morgan fingerprint density at radius 3 is 2.33 bits per heavy atom. The van der Waals surface area contributed by atoms with Crippen LogP contribution in [-0.2, 0) is 5.41 Å². The van der Waals surface area contributed by atoms with Gasteiger partial charge in [0, 0.05) is 10.9 Å². The minimum absolute atomic E-state index is 0.0543. The molecule has 0 heterocycles. The molecular formula is C14H20BrClO2. The molecule has 2 nitrogen and oxygen atoms in total. The second-order valence-corrected chi connectivity index (χ2v) is 6.57. The van der Waals surface area contributed by atoms with E-state index < -0.39 is 0 Å². The van der Waals surface area contributed by atoms with Crippen molar-refractivity contribution in [2.75, 3.05) is 14.2 Å². The lowest BCUT2D eigenvalue weighted by atomic mass is 9.80. The molecule has 102 valence electrons. The van der Waals surface area contributed by atoms with Crippen molar-refractivity contribution < 1.29 is 9.47 Å². The molecule has 0 radical (unpaired) electrons. The molecule has 1 aromatic rings. The number of rotatable bonds is 5. The van der Waals surface area contributed by atoms with Crippen LogP contribution >= 0.6 is 27.5 Å². The van der Waals surface area contributed by atoms with Gasteiger partial charge in [-0.2, -0.15) is 0 Å². The van der Waals surface area contributed by atoms with E-state index in [0.29, 0.717) is 0 Å². The summed E-state index contributed by atoms with van der Waals surface area (Å²) >= 11 is 9.66. The van der Waals surface area contributed by atoms with Crippen molar-refractivity contribution in [1.29, 1.82) is 0 Å². The van der Waals surface area contributed by atoms with Crippen molar-refractivity contribution in [1.82, 2.24) is 0 Å². The zero-order chi connectivity index (χ0) is 13.9. The predicted octanol–water partition coefficient (Wildman–Crippen LogP) is 4.76. The Hall–Kier alpha value is -0.410. The summed E-state index contributed by atoms with van der Waals surface area (Å²) in [4.78, 5) is 0. The number of methoxy groups -OCH3 is 2. The molecule has 18 heavy (non-hydrogen) atoms. The van der Waals surface area contributed by atoms with Crippen LogP contribution in [0.5, 0.6) is 11.5 Å². The Morgan fingerprint density at radius 2 is 1.89 bits per heavy atom. The first-order valence-electron chi connectivity index (χ1n) is 5.88. The third kappa shape index (κ3) is 3.33. The summed E-state index contributed by atoms with van der Waals surface area (Å²) < 4.78 is 11.6. The summed E-state index contributed by atoms with van der Waals surface area (Å²) in [6.45, 7) is 6.35. The molecule has 1 unspecified atom stereocenters. The van der Waals surface area contributed by atoms with E-state index in [1.807, 2.05) is 19.1 Å². The van der Waals surface area contributed by atoms with Gasteiger partial charge >= 0.3 is 0 Å². The fourth-order valence-corrected chi connectivity index (χ4v) is 3.30. The first kappa shape index (κ1) is 15.6. The van der Waals surface area contributed by atoms with Gasteiger partial charge < -0.3 is 9.47 Å². The number of ether oxygens (including phenoxy) is 2. The van der Waals surface area contributed by atoms with Crippen LogP contribution in [0.2, 0.25) is 0 Å². The molecule has 0 saturated heterocycles. The van der Waals surface area contributed by atoms with Crippen LogP contribution < -0.4 is 9.47 Å². The van der Waals surface area contributed by atoms with Crippen LogP contribution in [0.25, 0.3) is 0 Å². The third-order valence-corrected chi connectivity index (χ3v) is 3.91. The highest BCUT2D eigenvalue weighted by molar-refractivity contribution is 9.10. The normalized spacial score (nSPS) is 13.3. The zero-order valence-corrected chi connectivity index (χ0v) is 13.9. The molecule has 0 amide bonds. The fourth-order valence-electron chi connectivity index (χ4n) is 2.24. The smallest absolute Gasteiger partial charge is 0.140 e. The molecule has 1 aromatic carbocycles. The Kier molecular flexibility index (Phi) is 5.35. The molecule has 0 N–H and O–H groups in total. The van der Waals surface area contributed by atoms with Crippen LogP contribution in [0.1, 0.15) is 32.8 Å². The largest absolute Gasteiger partial charge is 0.495 e. The van der Waals surface area contributed by atoms with Crippen molar-refractivity contribution in [3.63, 3.8) is 0 Å². The highest BCUT2D eigenvalue weighted by Crippen LogP contribution is 2.43. The van der Waals surface area contributed by atoms with Gasteiger partial charge in [-0.1, -0.05) is 19.9 Å². The van der Waals surface area contributed by atoms with Crippen molar-refractivity contribution >= 4 is 27.5 Å². The lowest BCUT2D eigenvalue weighted by Crippen LogP contribution is -2.22. The molecule has 0 fully saturated rings. The van der Waals surface area contributed by atoms with Gasteiger partial charge in [0.05, 0.1) is 14.2 Å². The zero-order valence-electron chi connectivity index (χ0n) is 11.5. The summed E-state index contributed by atoms with van der Waals surface area (Å²) in [5.41, 5.74) is 1.08. The van der Waals surface area contributed by atoms with E-state index in [9.17, 15) is 0 Å². The van der Waals surface area contributed by atoms with Gasteiger partial charge in [0.15, 0.2) is 0 Å². The van der Waals surface area contributed by atoms with Gasteiger partial charge in [-0.25, -0.2) is 0 Å². The van der Waals surface area contributed by atoms with Crippen LogP contribution in [-0.4, -0.2) is 19.6 Å². The number of halogens is 2. The maximum absolute atomic E-state index is 6.13. The average molecular weight is 336 g/mol. The maximum atomic E-state index is 6.13. The van der Waals surface area contributed by atoms with Gasteiger partial charge in [-0.15, -0.1) is 11.6 Å². The topological polar surface area (TPSA) is 18.5 Å². The molecule has 0 aliphatic rings. The Morgan fingerprint density at radius 1 is 1.28 bits per heavy atom. The van der Waals surface area contributed by atoms with E-state index in [0.717, 1.165) is 28.0 Å². The molecule has 0 aliphatic carbocycles. The number of benzene rings is 1. The average Bonchev–Trinajstić information content (AvgIpc) is 2.26. The van der Waals surface area contributed by atoms with E-state index in [4.69, 9.17) is 21.1 Å². The lowest BCUT2D eigenvalue weighted by molar-refractivity contribution is 0.370. The Bertz CT molecular complexity index is 417. The van der Waals surface area contributed by atoms with E-state index >= 15 is 0 Å². The first-order chi connectivity index (χ1) is 8.33. The second kappa shape index (κ2) is 6.16. The quantitative estimate of drug-likeness (QED) is 0.722. The van der Waals surface area contributed by atoms with Gasteiger partial charge in [-0.3, -0.25) is 0 Å². The summed E-state index contributed by atoms with van der Waals surface area (Å²) in [5, 5.41) is 0.116. The highest BCUT2D eigenvalue weighted by Gasteiger charge is 2.28. The molecule has 0 bridgehead atoms.